The van der Waals surface area contributed by atoms with Gasteiger partial charge in [0.15, 0.2) is 0 Å². The fourth-order valence-corrected chi connectivity index (χ4v) is 4.78. The molecule has 1 aliphatic rings. The van der Waals surface area contributed by atoms with Crippen LogP contribution in [0.4, 0.5) is 0 Å². The van der Waals surface area contributed by atoms with Crippen molar-refractivity contribution >= 4 is 50.6 Å². The molecular formula is C20H13Cl2NO4S. The second-order valence-corrected chi connectivity index (χ2v) is 7.96. The first-order chi connectivity index (χ1) is 13.4. The van der Waals surface area contributed by atoms with Gasteiger partial charge in [-0.2, -0.15) is 0 Å². The van der Waals surface area contributed by atoms with E-state index in [0.29, 0.717) is 26.9 Å². The number of carbonyl (C=O) groups is 1. The number of rotatable bonds is 2. The van der Waals surface area contributed by atoms with Gasteiger partial charge in [0.1, 0.15) is 11.3 Å². The minimum atomic E-state index is -0.839. The summed E-state index contributed by atoms with van der Waals surface area (Å²) in [4.78, 5) is 25.6. The van der Waals surface area contributed by atoms with Gasteiger partial charge >= 0.3 is 5.97 Å². The number of ether oxygens (including phenoxy) is 2. The van der Waals surface area contributed by atoms with Gasteiger partial charge in [-0.05, 0) is 29.8 Å². The van der Waals surface area contributed by atoms with Crippen molar-refractivity contribution in [1.82, 2.24) is 0 Å². The lowest BCUT2D eigenvalue weighted by Crippen LogP contribution is -2.30. The summed E-state index contributed by atoms with van der Waals surface area (Å²) in [5.74, 6) is -1.34. The van der Waals surface area contributed by atoms with Crippen LogP contribution in [0.2, 0.25) is 10.0 Å². The van der Waals surface area contributed by atoms with Crippen LogP contribution < -0.4 is 15.2 Å². The van der Waals surface area contributed by atoms with E-state index >= 15 is 0 Å². The Hall–Kier alpha value is -2.54. The van der Waals surface area contributed by atoms with Crippen LogP contribution in [0.3, 0.4) is 0 Å². The molecule has 1 unspecified atom stereocenters. The molecule has 3 aromatic rings. The highest BCUT2D eigenvalue weighted by atomic mass is 35.5. The number of hydrogen-bond donors (Lipinski definition) is 1. The molecule has 28 heavy (non-hydrogen) atoms. The lowest BCUT2D eigenvalue weighted by Gasteiger charge is -2.28. The topological polar surface area (TPSA) is 78.6 Å². The Bertz CT molecular complexity index is 1220. The first-order valence-corrected chi connectivity index (χ1v) is 9.76. The predicted octanol–water partition coefficient (Wildman–Crippen LogP) is 4.44. The summed E-state index contributed by atoms with van der Waals surface area (Å²) >= 11 is 13.5. The van der Waals surface area contributed by atoms with Crippen molar-refractivity contribution in [1.29, 1.82) is 0 Å². The number of methoxy groups -OCH3 is 1. The third-order valence-corrected chi connectivity index (χ3v) is 6.08. The first kappa shape index (κ1) is 18.8. The highest BCUT2D eigenvalue weighted by Crippen LogP contribution is 2.46. The fraction of sp³-hybridized carbons (Fsp3) is 0.100. The number of benzene rings is 2. The second-order valence-electron chi connectivity index (χ2n) is 6.10. The number of carbonyl (C=O) groups excluding carboxylic acids is 1. The van der Waals surface area contributed by atoms with Crippen molar-refractivity contribution in [3.8, 4) is 5.75 Å². The summed E-state index contributed by atoms with van der Waals surface area (Å²) in [6, 6.07) is 12.2. The molecule has 5 nitrogen and oxygen atoms in total. The van der Waals surface area contributed by atoms with Crippen LogP contribution >= 0.6 is 34.5 Å². The molecule has 0 saturated heterocycles. The van der Waals surface area contributed by atoms with Gasteiger partial charge in [-0.25, -0.2) is 4.79 Å². The second kappa shape index (κ2) is 7.13. The predicted molar refractivity (Wildman–Crippen MR) is 110 cm³/mol. The van der Waals surface area contributed by atoms with E-state index in [0.717, 1.165) is 21.4 Å². The molecule has 1 aliphatic heterocycles. The van der Waals surface area contributed by atoms with Crippen molar-refractivity contribution in [2.75, 3.05) is 7.11 Å². The highest BCUT2D eigenvalue weighted by molar-refractivity contribution is 7.16. The normalized spacial score (nSPS) is 15.9. The average molecular weight is 434 g/mol. The van der Waals surface area contributed by atoms with Crippen molar-refractivity contribution in [3.05, 3.63) is 84.6 Å². The number of halogens is 2. The van der Waals surface area contributed by atoms with Crippen LogP contribution in [-0.4, -0.2) is 13.1 Å². The van der Waals surface area contributed by atoms with Crippen LogP contribution in [0.15, 0.2) is 58.7 Å². The lowest BCUT2D eigenvalue weighted by atomic mass is 9.83. The SMILES string of the molecule is COC(=O)C1=C(N)Oc2c(c(=O)sc3ccccc23)C1c1ccc(Cl)cc1Cl. The van der Waals surface area contributed by atoms with Crippen molar-refractivity contribution < 1.29 is 14.3 Å². The first-order valence-electron chi connectivity index (χ1n) is 8.19. The maximum absolute atomic E-state index is 13.1. The molecule has 1 aromatic heterocycles. The summed E-state index contributed by atoms with van der Waals surface area (Å²) in [7, 11) is 1.24. The number of nitrogens with two attached hydrogens (primary N) is 1. The molecule has 0 saturated carbocycles. The van der Waals surface area contributed by atoms with E-state index in [1.165, 1.54) is 7.11 Å². The van der Waals surface area contributed by atoms with Crippen molar-refractivity contribution in [2.45, 2.75) is 5.92 Å². The van der Waals surface area contributed by atoms with Gasteiger partial charge in [0, 0.05) is 20.1 Å². The van der Waals surface area contributed by atoms with E-state index in [-0.39, 0.29) is 16.2 Å². The summed E-state index contributed by atoms with van der Waals surface area (Å²) in [5, 5.41) is 1.46. The van der Waals surface area contributed by atoms with Gasteiger partial charge in [-0.15, -0.1) is 0 Å². The average Bonchev–Trinajstić information content (AvgIpc) is 2.67. The van der Waals surface area contributed by atoms with Gasteiger partial charge in [0.05, 0.1) is 18.6 Å². The number of hydrogen-bond acceptors (Lipinski definition) is 6. The zero-order valence-corrected chi connectivity index (χ0v) is 16.8. The zero-order chi connectivity index (χ0) is 20.0. The van der Waals surface area contributed by atoms with Gasteiger partial charge in [0.2, 0.25) is 10.6 Å². The molecule has 0 fully saturated rings. The van der Waals surface area contributed by atoms with Crippen molar-refractivity contribution in [2.24, 2.45) is 5.73 Å². The van der Waals surface area contributed by atoms with Gasteiger partial charge in [-0.1, -0.05) is 52.7 Å². The van der Waals surface area contributed by atoms with E-state index in [9.17, 15) is 9.59 Å². The van der Waals surface area contributed by atoms with E-state index in [2.05, 4.69) is 0 Å². The van der Waals surface area contributed by atoms with Crippen molar-refractivity contribution in [3.63, 3.8) is 0 Å². The van der Waals surface area contributed by atoms with E-state index in [1.807, 2.05) is 24.3 Å². The molecule has 2 N–H and O–H groups in total. The third-order valence-electron chi connectivity index (χ3n) is 4.53. The summed E-state index contributed by atoms with van der Waals surface area (Å²) in [6.07, 6.45) is 0. The fourth-order valence-electron chi connectivity index (χ4n) is 3.32. The Kier molecular flexibility index (Phi) is 4.79. The lowest BCUT2D eigenvalue weighted by molar-refractivity contribution is -0.136. The minimum absolute atomic E-state index is 0.0267. The van der Waals surface area contributed by atoms with Gasteiger partial charge in [0.25, 0.3) is 0 Å². The smallest absolute Gasteiger partial charge is 0.340 e. The maximum atomic E-state index is 13.1. The molecule has 0 spiro atoms. The molecule has 142 valence electrons. The molecular weight excluding hydrogens is 421 g/mol. The maximum Gasteiger partial charge on any atom is 0.340 e. The summed E-state index contributed by atoms with van der Waals surface area (Å²) in [5.41, 5.74) is 6.94. The Morgan fingerprint density at radius 3 is 2.68 bits per heavy atom. The largest absolute Gasteiger partial charge is 0.465 e. The Morgan fingerprint density at radius 2 is 1.96 bits per heavy atom. The quantitative estimate of drug-likeness (QED) is 0.604. The van der Waals surface area contributed by atoms with Crippen LogP contribution in [-0.2, 0) is 9.53 Å². The van der Waals surface area contributed by atoms with Gasteiger partial charge < -0.3 is 15.2 Å². The summed E-state index contributed by atoms with van der Waals surface area (Å²) in [6.45, 7) is 0. The number of fused-ring (bicyclic) bond motifs is 3. The van der Waals surface area contributed by atoms with E-state index in [4.69, 9.17) is 38.4 Å². The standard InChI is InChI=1S/C20H13Cl2NO4S/c1-26-19(24)16-14(10-7-6-9(21)8-12(10)22)15-17(27-18(16)23)11-4-2-3-5-13(11)28-20(15)25/h2-8,14H,23H2,1H3. The molecule has 0 amide bonds. The third kappa shape index (κ3) is 2.94. The molecule has 0 radical (unpaired) electrons. The van der Waals surface area contributed by atoms with E-state index < -0.39 is 11.9 Å². The van der Waals surface area contributed by atoms with Crippen LogP contribution in [0, 0.1) is 0 Å². The van der Waals surface area contributed by atoms with Crippen LogP contribution in [0.5, 0.6) is 5.75 Å². The minimum Gasteiger partial charge on any atom is -0.465 e. The number of esters is 1. The van der Waals surface area contributed by atoms with Gasteiger partial charge in [-0.3, -0.25) is 4.79 Å². The summed E-state index contributed by atoms with van der Waals surface area (Å²) < 4.78 is 11.2. The Morgan fingerprint density at radius 1 is 1.21 bits per heavy atom. The molecule has 4 rings (SSSR count). The monoisotopic (exact) mass is 433 g/mol. The Labute approximate surface area is 173 Å². The highest BCUT2D eigenvalue weighted by Gasteiger charge is 2.39. The van der Waals surface area contributed by atoms with Crippen LogP contribution in [0.1, 0.15) is 17.0 Å². The molecule has 0 aliphatic carbocycles. The zero-order valence-electron chi connectivity index (χ0n) is 14.5. The molecule has 8 heteroatoms. The van der Waals surface area contributed by atoms with E-state index in [1.54, 1.807) is 18.2 Å². The Balaban J connectivity index is 2.10. The van der Waals surface area contributed by atoms with Crippen LogP contribution in [0.25, 0.3) is 10.1 Å². The molecule has 2 heterocycles. The molecule has 0 bridgehead atoms. The molecule has 2 aromatic carbocycles. The molecule has 1 atom stereocenters.